The first-order valence-corrected chi connectivity index (χ1v) is 16.3. The zero-order valence-corrected chi connectivity index (χ0v) is 27.2. The molecule has 0 aromatic heterocycles. The molecule has 46 heavy (non-hydrogen) atoms. The van der Waals surface area contributed by atoms with Gasteiger partial charge in [-0.15, -0.1) is 0 Å². The Morgan fingerprint density at radius 1 is 0.696 bits per heavy atom. The van der Waals surface area contributed by atoms with Gasteiger partial charge in [-0.3, -0.25) is 9.59 Å². The van der Waals surface area contributed by atoms with Gasteiger partial charge in [0.1, 0.15) is 23.7 Å². The van der Waals surface area contributed by atoms with E-state index in [1.54, 1.807) is 39.0 Å². The first-order valence-electron chi connectivity index (χ1n) is 15.4. The van der Waals surface area contributed by atoms with E-state index in [0.717, 1.165) is 16.0 Å². The molecule has 0 aliphatic carbocycles. The summed E-state index contributed by atoms with van der Waals surface area (Å²) in [4.78, 5) is 27.6. The van der Waals surface area contributed by atoms with Gasteiger partial charge in [-0.1, -0.05) is 121 Å². The van der Waals surface area contributed by atoms with Crippen molar-refractivity contribution in [1.82, 2.24) is 0 Å². The third kappa shape index (κ3) is 9.27. The van der Waals surface area contributed by atoms with E-state index in [-0.39, 0.29) is 12.4 Å². The Morgan fingerprint density at radius 3 is 1.74 bits per heavy atom. The summed E-state index contributed by atoms with van der Waals surface area (Å²) in [5.74, 6) is -0.584. The molecule has 1 aliphatic rings. The largest absolute Gasteiger partial charge is 0.456 e. The summed E-state index contributed by atoms with van der Waals surface area (Å²) in [6, 6.07) is 38.7. The van der Waals surface area contributed by atoms with E-state index in [4.69, 9.17) is 18.9 Å². The Bertz CT molecular complexity index is 1550. The average molecular weight is 637 g/mol. The highest BCUT2D eigenvalue weighted by atomic mass is 32.2. The summed E-state index contributed by atoms with van der Waals surface area (Å²) in [5, 5.41) is 0. The predicted molar refractivity (Wildman–Crippen MR) is 180 cm³/mol. The van der Waals surface area contributed by atoms with Gasteiger partial charge in [-0.05, 0) is 56.2 Å². The number of thioether (sulfide) groups is 1. The summed E-state index contributed by atoms with van der Waals surface area (Å²) in [7, 11) is 0. The number of ketones is 1. The Balaban J connectivity index is 1.54. The van der Waals surface area contributed by atoms with Crippen LogP contribution in [0, 0.1) is 5.41 Å². The molecule has 0 radical (unpaired) electrons. The smallest absolute Gasteiger partial charge is 0.311 e. The Morgan fingerprint density at radius 2 is 1.20 bits per heavy atom. The van der Waals surface area contributed by atoms with Gasteiger partial charge in [0.05, 0.1) is 18.6 Å². The van der Waals surface area contributed by atoms with E-state index in [9.17, 15) is 9.59 Å². The number of benzene rings is 4. The summed E-state index contributed by atoms with van der Waals surface area (Å²) in [6.07, 6.45) is 0.108. The predicted octanol–water partition coefficient (Wildman–Crippen LogP) is 8.07. The fourth-order valence-electron chi connectivity index (χ4n) is 4.93. The first kappa shape index (κ1) is 33.4. The van der Waals surface area contributed by atoms with E-state index in [0.29, 0.717) is 12.2 Å². The van der Waals surface area contributed by atoms with Gasteiger partial charge < -0.3 is 18.9 Å². The lowest BCUT2D eigenvalue weighted by Gasteiger charge is -2.45. The molecule has 1 aliphatic heterocycles. The molecule has 4 aromatic carbocycles. The summed E-state index contributed by atoms with van der Waals surface area (Å²) in [6.45, 7) is 5.99. The van der Waals surface area contributed by atoms with Gasteiger partial charge in [-0.25, -0.2) is 0 Å². The molecule has 0 spiro atoms. The van der Waals surface area contributed by atoms with Crippen LogP contribution in [0.4, 0.5) is 0 Å². The van der Waals surface area contributed by atoms with Crippen molar-refractivity contribution in [1.29, 1.82) is 0 Å². The van der Waals surface area contributed by atoms with Crippen LogP contribution in [-0.2, 0) is 37.0 Å². The molecule has 0 saturated carbocycles. The molecule has 0 unspecified atom stereocenters. The van der Waals surface area contributed by atoms with Gasteiger partial charge >= 0.3 is 5.97 Å². The lowest BCUT2D eigenvalue weighted by atomic mass is 9.94. The van der Waals surface area contributed by atoms with Crippen molar-refractivity contribution < 1.29 is 28.5 Å². The quantitative estimate of drug-likeness (QED) is 0.0885. The van der Waals surface area contributed by atoms with Crippen LogP contribution >= 0.6 is 11.8 Å². The zero-order valence-electron chi connectivity index (χ0n) is 26.4. The molecule has 4 aromatic rings. The van der Waals surface area contributed by atoms with E-state index in [1.165, 1.54) is 17.8 Å². The standard InChI is InChI=1S/C39H40O6S/c1-39(2,3)38(41)45-34-33(25-24-32(40)30-20-12-6-13-21-30)44-37(46-31-22-14-7-15-23-31)36(43-27-29-18-10-5-11-19-29)35(34)42-26-28-16-8-4-9-17-28/h4-25,33-37H,26-27H2,1-3H3/b25-24+/t33-,34-,35+,36+,37-/m1/s1. The molecular formula is C39H40O6S. The lowest BCUT2D eigenvalue weighted by molar-refractivity contribution is -0.235. The number of allylic oxidation sites excluding steroid dienone is 1. The third-order valence-corrected chi connectivity index (χ3v) is 8.60. The van der Waals surface area contributed by atoms with Crippen molar-refractivity contribution in [2.45, 2.75) is 68.7 Å². The van der Waals surface area contributed by atoms with Crippen LogP contribution in [0.5, 0.6) is 0 Å². The molecule has 7 heteroatoms. The van der Waals surface area contributed by atoms with Crippen molar-refractivity contribution in [3.8, 4) is 0 Å². The molecule has 5 atom stereocenters. The summed E-state index contributed by atoms with van der Waals surface area (Å²) in [5.41, 5.74) is 1.17. The summed E-state index contributed by atoms with van der Waals surface area (Å²) < 4.78 is 26.3. The molecule has 1 heterocycles. The van der Waals surface area contributed by atoms with Crippen LogP contribution in [0.15, 0.2) is 138 Å². The van der Waals surface area contributed by atoms with E-state index in [2.05, 4.69) is 0 Å². The molecule has 5 rings (SSSR count). The van der Waals surface area contributed by atoms with Crippen LogP contribution in [0.2, 0.25) is 0 Å². The third-order valence-electron chi connectivity index (χ3n) is 7.45. The van der Waals surface area contributed by atoms with Crippen molar-refractivity contribution >= 4 is 23.5 Å². The van der Waals surface area contributed by atoms with E-state index >= 15 is 0 Å². The van der Waals surface area contributed by atoms with Crippen molar-refractivity contribution in [3.63, 3.8) is 0 Å². The highest BCUT2D eigenvalue weighted by molar-refractivity contribution is 7.99. The normalized spacial score (nSPS) is 21.6. The maximum atomic E-state index is 13.4. The second kappa shape index (κ2) is 16.0. The number of ether oxygens (including phenoxy) is 4. The van der Waals surface area contributed by atoms with Crippen molar-refractivity contribution in [2.75, 3.05) is 0 Å². The van der Waals surface area contributed by atoms with Crippen LogP contribution in [0.3, 0.4) is 0 Å². The number of carbonyl (C=O) groups is 2. The molecule has 1 fully saturated rings. The molecule has 6 nitrogen and oxygen atoms in total. The second-order valence-electron chi connectivity index (χ2n) is 12.1. The SMILES string of the molecule is CC(C)(C)C(=O)O[C@H]1[C@H](OCc2ccccc2)[C@H](OCc2ccccc2)[C@@H](Sc2ccccc2)O[C@@H]1/C=C/C(=O)c1ccccc1. The average Bonchev–Trinajstić information content (AvgIpc) is 3.08. The fraction of sp³-hybridized carbons (Fsp3) is 0.282. The second-order valence-corrected chi connectivity index (χ2v) is 13.3. The molecule has 0 N–H and O–H groups in total. The van der Waals surface area contributed by atoms with Gasteiger partial charge in [0.15, 0.2) is 11.9 Å². The summed E-state index contributed by atoms with van der Waals surface area (Å²) >= 11 is 1.51. The topological polar surface area (TPSA) is 71.1 Å². The number of rotatable bonds is 12. The van der Waals surface area contributed by atoms with Gasteiger partial charge in [-0.2, -0.15) is 0 Å². The minimum absolute atomic E-state index is 0.179. The maximum absolute atomic E-state index is 13.4. The Labute approximate surface area is 275 Å². The zero-order chi connectivity index (χ0) is 32.4. The highest BCUT2D eigenvalue weighted by Crippen LogP contribution is 2.39. The van der Waals surface area contributed by atoms with E-state index in [1.807, 2.05) is 109 Å². The Kier molecular flexibility index (Phi) is 11.6. The minimum Gasteiger partial charge on any atom is -0.456 e. The molecule has 0 amide bonds. The van der Waals surface area contributed by atoms with Crippen LogP contribution < -0.4 is 0 Å². The number of hydrogen-bond donors (Lipinski definition) is 0. The first-order chi connectivity index (χ1) is 22.3. The highest BCUT2D eigenvalue weighted by Gasteiger charge is 2.50. The maximum Gasteiger partial charge on any atom is 0.311 e. The minimum atomic E-state index is -0.899. The van der Waals surface area contributed by atoms with Gasteiger partial charge in [0, 0.05) is 10.5 Å². The molecular weight excluding hydrogens is 596 g/mol. The molecule has 0 bridgehead atoms. The van der Waals surface area contributed by atoms with E-state index < -0.39 is 41.2 Å². The fourth-order valence-corrected chi connectivity index (χ4v) is 6.07. The van der Waals surface area contributed by atoms with Crippen molar-refractivity contribution in [2.24, 2.45) is 5.41 Å². The number of esters is 1. The van der Waals surface area contributed by atoms with Crippen molar-refractivity contribution in [3.05, 3.63) is 150 Å². The molecule has 238 valence electrons. The van der Waals surface area contributed by atoms with Crippen LogP contribution in [0.25, 0.3) is 0 Å². The molecule has 1 saturated heterocycles. The van der Waals surface area contributed by atoms with Crippen LogP contribution in [0.1, 0.15) is 42.3 Å². The van der Waals surface area contributed by atoms with Gasteiger partial charge in [0.25, 0.3) is 0 Å². The lowest BCUT2D eigenvalue weighted by Crippen LogP contribution is -2.59. The number of carbonyl (C=O) groups excluding carboxylic acids is 2. The van der Waals surface area contributed by atoms with Crippen LogP contribution in [-0.4, -0.2) is 41.6 Å². The monoisotopic (exact) mass is 636 g/mol. The van der Waals surface area contributed by atoms with Gasteiger partial charge in [0.2, 0.25) is 0 Å². The Hall–Kier alpha value is -4.01. The number of hydrogen-bond acceptors (Lipinski definition) is 7.